The lowest BCUT2D eigenvalue weighted by molar-refractivity contribution is -0.138. The zero-order valence-electron chi connectivity index (χ0n) is 16.4. The Hall–Kier alpha value is -3.27. The number of ether oxygens (including phenoxy) is 2. The SMILES string of the molecule is COc1ccc(COC(=O)N[C@@H](CSCc2ccncc2)C(=O)NCC(=O)O)cc1. The Kier molecular flexibility index (Phi) is 9.46. The smallest absolute Gasteiger partial charge is 0.408 e. The number of hydrogen-bond donors (Lipinski definition) is 3. The molecule has 0 saturated carbocycles. The van der Waals surface area contributed by atoms with Gasteiger partial charge in [-0.25, -0.2) is 4.79 Å². The highest BCUT2D eigenvalue weighted by molar-refractivity contribution is 7.98. The van der Waals surface area contributed by atoms with Crippen LogP contribution in [0.4, 0.5) is 4.79 Å². The molecule has 2 aromatic rings. The fourth-order valence-corrected chi connectivity index (χ4v) is 3.31. The molecule has 0 saturated heterocycles. The van der Waals surface area contributed by atoms with Crippen molar-refractivity contribution >= 4 is 29.7 Å². The highest BCUT2D eigenvalue weighted by Crippen LogP contribution is 2.14. The number of pyridine rings is 1. The van der Waals surface area contributed by atoms with E-state index in [0.29, 0.717) is 11.5 Å². The van der Waals surface area contributed by atoms with Gasteiger partial charge in [-0.2, -0.15) is 11.8 Å². The van der Waals surface area contributed by atoms with Crippen LogP contribution < -0.4 is 15.4 Å². The molecule has 30 heavy (non-hydrogen) atoms. The number of thioether (sulfide) groups is 1. The number of benzene rings is 1. The Bertz CT molecular complexity index is 832. The van der Waals surface area contributed by atoms with Crippen molar-refractivity contribution in [2.75, 3.05) is 19.4 Å². The quantitative estimate of drug-likeness (QED) is 0.490. The molecule has 1 aromatic carbocycles. The van der Waals surface area contributed by atoms with E-state index in [-0.39, 0.29) is 12.4 Å². The van der Waals surface area contributed by atoms with Gasteiger partial charge in [-0.3, -0.25) is 14.6 Å². The largest absolute Gasteiger partial charge is 0.497 e. The molecule has 2 rings (SSSR count). The summed E-state index contributed by atoms with van der Waals surface area (Å²) in [6.07, 6.45) is 2.56. The number of hydrogen-bond acceptors (Lipinski definition) is 7. The zero-order chi connectivity index (χ0) is 21.8. The third-order valence-electron chi connectivity index (χ3n) is 3.85. The van der Waals surface area contributed by atoms with E-state index in [4.69, 9.17) is 14.6 Å². The monoisotopic (exact) mass is 433 g/mol. The summed E-state index contributed by atoms with van der Waals surface area (Å²) in [5.41, 5.74) is 1.77. The average Bonchev–Trinajstić information content (AvgIpc) is 2.76. The Morgan fingerprint density at radius 2 is 1.80 bits per heavy atom. The Morgan fingerprint density at radius 3 is 2.43 bits per heavy atom. The number of carbonyl (C=O) groups excluding carboxylic acids is 2. The number of nitrogens with zero attached hydrogens (tertiary/aromatic N) is 1. The number of methoxy groups -OCH3 is 1. The number of aromatic nitrogens is 1. The topological polar surface area (TPSA) is 127 Å². The second kappa shape index (κ2) is 12.3. The average molecular weight is 433 g/mol. The lowest BCUT2D eigenvalue weighted by Gasteiger charge is -2.17. The lowest BCUT2D eigenvalue weighted by Crippen LogP contribution is -2.49. The van der Waals surface area contributed by atoms with Gasteiger partial charge in [-0.15, -0.1) is 0 Å². The molecule has 0 aliphatic heterocycles. The summed E-state index contributed by atoms with van der Waals surface area (Å²) in [5.74, 6) is -0.238. The molecule has 0 bridgehead atoms. The van der Waals surface area contributed by atoms with Crippen LogP contribution in [0.25, 0.3) is 0 Å². The summed E-state index contributed by atoms with van der Waals surface area (Å²) in [6.45, 7) is -0.517. The van der Waals surface area contributed by atoms with Crippen molar-refractivity contribution in [3.63, 3.8) is 0 Å². The van der Waals surface area contributed by atoms with Crippen LogP contribution in [0.15, 0.2) is 48.8 Å². The fraction of sp³-hybridized carbons (Fsp3) is 0.300. The van der Waals surface area contributed by atoms with Crippen LogP contribution >= 0.6 is 11.8 Å². The normalized spacial score (nSPS) is 11.2. The number of carbonyl (C=O) groups is 3. The predicted molar refractivity (Wildman–Crippen MR) is 111 cm³/mol. The van der Waals surface area contributed by atoms with E-state index >= 15 is 0 Å². The van der Waals surface area contributed by atoms with E-state index in [9.17, 15) is 14.4 Å². The van der Waals surface area contributed by atoms with Gasteiger partial charge in [0, 0.05) is 23.9 Å². The van der Waals surface area contributed by atoms with Crippen LogP contribution in [0.5, 0.6) is 5.75 Å². The molecular weight excluding hydrogens is 410 g/mol. The number of amides is 2. The lowest BCUT2D eigenvalue weighted by atomic mass is 10.2. The summed E-state index contributed by atoms with van der Waals surface area (Å²) in [4.78, 5) is 39.1. The predicted octanol–water partition coefficient (Wildman–Crippen LogP) is 1.82. The molecule has 0 aliphatic carbocycles. The van der Waals surface area contributed by atoms with Crippen LogP contribution in [0.2, 0.25) is 0 Å². The summed E-state index contributed by atoms with van der Waals surface area (Å²) in [6, 6.07) is 9.76. The van der Waals surface area contributed by atoms with E-state index in [1.165, 1.54) is 11.8 Å². The number of nitrogens with one attached hydrogen (secondary N) is 2. The highest BCUT2D eigenvalue weighted by Gasteiger charge is 2.22. The second-order valence-corrected chi connectivity index (χ2v) is 7.13. The Balaban J connectivity index is 1.88. The number of carboxylic acids is 1. The molecule has 1 aromatic heterocycles. The minimum atomic E-state index is -1.17. The van der Waals surface area contributed by atoms with E-state index < -0.39 is 30.6 Å². The third-order valence-corrected chi connectivity index (χ3v) is 4.96. The van der Waals surface area contributed by atoms with Gasteiger partial charge >= 0.3 is 12.1 Å². The maximum Gasteiger partial charge on any atom is 0.408 e. The van der Waals surface area contributed by atoms with E-state index in [1.54, 1.807) is 43.8 Å². The van der Waals surface area contributed by atoms with Crippen molar-refractivity contribution in [2.24, 2.45) is 0 Å². The van der Waals surface area contributed by atoms with Gasteiger partial charge in [-0.1, -0.05) is 12.1 Å². The van der Waals surface area contributed by atoms with Gasteiger partial charge in [0.05, 0.1) is 7.11 Å². The van der Waals surface area contributed by atoms with Gasteiger partial charge < -0.3 is 25.2 Å². The first-order valence-corrected chi connectivity index (χ1v) is 10.2. The van der Waals surface area contributed by atoms with E-state index in [2.05, 4.69) is 15.6 Å². The first-order chi connectivity index (χ1) is 14.5. The summed E-state index contributed by atoms with van der Waals surface area (Å²) in [7, 11) is 1.56. The standard InChI is InChI=1S/C20H23N3O6S/c1-28-16-4-2-14(3-5-16)11-29-20(27)23-17(19(26)22-10-18(24)25)13-30-12-15-6-8-21-9-7-15/h2-9,17H,10-13H2,1H3,(H,22,26)(H,23,27)(H,24,25)/t17-/m0/s1. The van der Waals surface area contributed by atoms with Gasteiger partial charge in [0.25, 0.3) is 0 Å². The van der Waals surface area contributed by atoms with Crippen molar-refractivity contribution in [2.45, 2.75) is 18.4 Å². The summed E-state index contributed by atoms with van der Waals surface area (Å²) in [5, 5.41) is 13.5. The van der Waals surface area contributed by atoms with Gasteiger partial charge in [-0.05, 0) is 35.4 Å². The molecule has 0 spiro atoms. The van der Waals surface area contributed by atoms with Gasteiger partial charge in [0.2, 0.25) is 5.91 Å². The van der Waals surface area contributed by atoms with Crippen LogP contribution in [-0.4, -0.2) is 53.5 Å². The first-order valence-electron chi connectivity index (χ1n) is 9.00. The van der Waals surface area contributed by atoms with Gasteiger partial charge in [0.1, 0.15) is 24.9 Å². The molecule has 1 atom stereocenters. The second-order valence-electron chi connectivity index (χ2n) is 6.10. The molecule has 0 radical (unpaired) electrons. The highest BCUT2D eigenvalue weighted by atomic mass is 32.2. The van der Waals surface area contributed by atoms with Crippen LogP contribution in [0, 0.1) is 0 Å². The fourth-order valence-electron chi connectivity index (χ4n) is 2.30. The Labute approximate surface area is 178 Å². The molecule has 0 aliphatic rings. The number of carboxylic acid groups (broad SMARTS) is 1. The third kappa shape index (κ3) is 8.39. The maximum atomic E-state index is 12.3. The van der Waals surface area contributed by atoms with E-state index in [0.717, 1.165) is 11.1 Å². The summed E-state index contributed by atoms with van der Waals surface area (Å²) < 4.78 is 10.2. The minimum absolute atomic E-state index is 0.0173. The van der Waals surface area contributed by atoms with Crippen molar-refractivity contribution < 1.29 is 29.0 Å². The molecule has 1 heterocycles. The molecule has 160 valence electrons. The van der Waals surface area contributed by atoms with Crippen molar-refractivity contribution in [1.29, 1.82) is 0 Å². The number of rotatable bonds is 11. The molecule has 2 amide bonds. The molecule has 3 N–H and O–H groups in total. The molecule has 0 fully saturated rings. The zero-order valence-corrected chi connectivity index (χ0v) is 17.2. The first kappa shape index (κ1) is 23.0. The Morgan fingerprint density at radius 1 is 1.10 bits per heavy atom. The van der Waals surface area contributed by atoms with Crippen LogP contribution in [0.1, 0.15) is 11.1 Å². The van der Waals surface area contributed by atoms with Crippen molar-refractivity contribution in [3.8, 4) is 5.75 Å². The molecular formula is C20H23N3O6S. The number of alkyl carbamates (subject to hydrolysis) is 1. The minimum Gasteiger partial charge on any atom is -0.497 e. The van der Waals surface area contributed by atoms with Crippen LogP contribution in [0.3, 0.4) is 0 Å². The maximum absolute atomic E-state index is 12.3. The molecule has 0 unspecified atom stereocenters. The van der Waals surface area contributed by atoms with E-state index in [1.807, 2.05) is 12.1 Å². The molecule has 10 heteroatoms. The number of aliphatic carboxylic acids is 1. The van der Waals surface area contributed by atoms with Crippen molar-refractivity contribution in [1.82, 2.24) is 15.6 Å². The van der Waals surface area contributed by atoms with Crippen LogP contribution in [-0.2, 0) is 26.7 Å². The van der Waals surface area contributed by atoms with Gasteiger partial charge in [0.15, 0.2) is 0 Å². The molecule has 9 nitrogen and oxygen atoms in total. The van der Waals surface area contributed by atoms with Crippen molar-refractivity contribution in [3.05, 3.63) is 59.9 Å². The summed E-state index contributed by atoms with van der Waals surface area (Å²) >= 11 is 1.42.